The van der Waals surface area contributed by atoms with E-state index in [1.807, 2.05) is 56.4 Å². The van der Waals surface area contributed by atoms with E-state index in [1.165, 1.54) is 0 Å². The van der Waals surface area contributed by atoms with E-state index in [4.69, 9.17) is 4.42 Å². The van der Waals surface area contributed by atoms with Crippen LogP contribution in [0.3, 0.4) is 0 Å². The zero-order valence-corrected chi connectivity index (χ0v) is 13.8. The van der Waals surface area contributed by atoms with Crippen molar-refractivity contribution in [3.8, 4) is 11.5 Å². The second-order valence-corrected chi connectivity index (χ2v) is 5.76. The van der Waals surface area contributed by atoms with Gasteiger partial charge < -0.3 is 9.73 Å². The third-order valence-corrected chi connectivity index (χ3v) is 3.67. The van der Waals surface area contributed by atoms with Crippen LogP contribution in [-0.4, -0.2) is 26.7 Å². The molecular formula is C18H20N4O2. The maximum absolute atomic E-state index is 12.2. The monoisotopic (exact) mass is 324 g/mol. The Morgan fingerprint density at radius 1 is 1.29 bits per heavy atom. The summed E-state index contributed by atoms with van der Waals surface area (Å²) in [6.07, 6.45) is 3.79. The molecule has 1 aromatic carbocycles. The average molecular weight is 324 g/mol. The first-order chi connectivity index (χ1) is 11.6. The second-order valence-electron chi connectivity index (χ2n) is 5.76. The molecule has 0 radical (unpaired) electrons. The van der Waals surface area contributed by atoms with Crippen LogP contribution in [0.4, 0.5) is 0 Å². The zero-order valence-electron chi connectivity index (χ0n) is 13.8. The molecule has 3 aromatic rings. The first kappa shape index (κ1) is 16.0. The minimum Gasteiger partial charge on any atom is -0.441 e. The number of aromatic nitrogens is 3. The van der Waals surface area contributed by atoms with Crippen molar-refractivity contribution in [1.82, 2.24) is 20.1 Å². The third kappa shape index (κ3) is 3.90. The van der Waals surface area contributed by atoms with Crippen LogP contribution in [0.25, 0.3) is 11.5 Å². The molecule has 0 saturated heterocycles. The molecule has 0 saturated carbocycles. The quantitative estimate of drug-likeness (QED) is 0.756. The summed E-state index contributed by atoms with van der Waals surface area (Å²) in [6, 6.07) is 11.5. The Labute approximate surface area is 140 Å². The van der Waals surface area contributed by atoms with Crippen molar-refractivity contribution in [1.29, 1.82) is 0 Å². The molecule has 0 unspecified atom stereocenters. The van der Waals surface area contributed by atoms with Crippen LogP contribution in [0.1, 0.15) is 18.4 Å². The van der Waals surface area contributed by atoms with Gasteiger partial charge in [0.2, 0.25) is 11.8 Å². The molecule has 124 valence electrons. The highest BCUT2D eigenvalue weighted by Crippen LogP contribution is 2.21. The van der Waals surface area contributed by atoms with Crippen molar-refractivity contribution in [2.24, 2.45) is 0 Å². The number of carbonyl (C=O) groups excluding carboxylic acids is 1. The topological polar surface area (TPSA) is 73.0 Å². The average Bonchev–Trinajstić information content (AvgIpc) is 3.18. The van der Waals surface area contributed by atoms with E-state index >= 15 is 0 Å². The van der Waals surface area contributed by atoms with Crippen LogP contribution in [-0.2, 0) is 17.8 Å². The van der Waals surface area contributed by atoms with Gasteiger partial charge in [-0.25, -0.2) is 4.98 Å². The molecule has 0 aliphatic heterocycles. The van der Waals surface area contributed by atoms with Crippen LogP contribution >= 0.6 is 0 Å². The van der Waals surface area contributed by atoms with Gasteiger partial charge in [-0.15, -0.1) is 0 Å². The predicted molar refractivity (Wildman–Crippen MR) is 90.2 cm³/mol. The highest BCUT2D eigenvalue weighted by molar-refractivity contribution is 5.78. The largest absolute Gasteiger partial charge is 0.441 e. The maximum Gasteiger partial charge on any atom is 0.226 e. The second kappa shape index (κ2) is 7.12. The lowest BCUT2D eigenvalue weighted by Gasteiger charge is -2.13. The van der Waals surface area contributed by atoms with Gasteiger partial charge in [-0.2, -0.15) is 5.10 Å². The summed E-state index contributed by atoms with van der Waals surface area (Å²) < 4.78 is 7.48. The summed E-state index contributed by atoms with van der Waals surface area (Å²) in [5.41, 5.74) is 1.57. The molecule has 3 rings (SSSR count). The van der Waals surface area contributed by atoms with E-state index in [9.17, 15) is 4.79 Å². The van der Waals surface area contributed by atoms with Crippen molar-refractivity contribution in [3.63, 3.8) is 0 Å². The van der Waals surface area contributed by atoms with Gasteiger partial charge in [-0.3, -0.25) is 9.48 Å². The van der Waals surface area contributed by atoms with Gasteiger partial charge in [-0.1, -0.05) is 18.2 Å². The number of rotatable bonds is 6. The first-order valence-electron chi connectivity index (χ1n) is 7.90. The molecule has 0 aliphatic carbocycles. The van der Waals surface area contributed by atoms with Crippen LogP contribution in [0.2, 0.25) is 0 Å². The Bertz CT molecular complexity index is 794. The first-order valence-corrected chi connectivity index (χ1v) is 7.90. The lowest BCUT2D eigenvalue weighted by Crippen LogP contribution is -2.36. The lowest BCUT2D eigenvalue weighted by atomic mass is 10.2. The number of nitrogens with one attached hydrogen (secondary N) is 1. The molecule has 24 heavy (non-hydrogen) atoms. The van der Waals surface area contributed by atoms with Crippen molar-refractivity contribution >= 4 is 5.91 Å². The molecule has 6 heteroatoms. The molecule has 1 N–H and O–H groups in total. The van der Waals surface area contributed by atoms with Crippen LogP contribution in [0.5, 0.6) is 0 Å². The van der Waals surface area contributed by atoms with E-state index in [-0.39, 0.29) is 18.4 Å². The van der Waals surface area contributed by atoms with Crippen molar-refractivity contribution in [2.45, 2.75) is 32.9 Å². The van der Waals surface area contributed by atoms with Crippen LogP contribution < -0.4 is 5.32 Å². The van der Waals surface area contributed by atoms with E-state index in [0.717, 1.165) is 5.56 Å². The highest BCUT2D eigenvalue weighted by Gasteiger charge is 2.16. The molecule has 6 nitrogen and oxygen atoms in total. The standard InChI is InChI=1S/C18H20N4O2/c1-13(12-22-10-6-9-19-22)20-17(23)11-16-14(2)24-18(21-16)15-7-4-3-5-8-15/h3-10,13H,11-12H2,1-2H3,(H,20,23)/t13-/m1/s1. The smallest absolute Gasteiger partial charge is 0.226 e. The molecule has 0 spiro atoms. The number of hydrogen-bond acceptors (Lipinski definition) is 4. The van der Waals surface area contributed by atoms with Gasteiger partial charge in [0.1, 0.15) is 5.76 Å². The van der Waals surface area contributed by atoms with E-state index in [2.05, 4.69) is 15.4 Å². The highest BCUT2D eigenvalue weighted by atomic mass is 16.4. The molecule has 2 aromatic heterocycles. The van der Waals surface area contributed by atoms with Crippen LogP contribution in [0, 0.1) is 6.92 Å². The maximum atomic E-state index is 12.2. The molecular weight excluding hydrogens is 304 g/mol. The van der Waals surface area contributed by atoms with Gasteiger partial charge >= 0.3 is 0 Å². The molecule has 0 aliphatic rings. The molecule has 1 amide bonds. The summed E-state index contributed by atoms with van der Waals surface area (Å²) in [6.45, 7) is 4.41. The predicted octanol–water partition coefficient (Wildman–Crippen LogP) is 2.59. The number of nitrogens with zero attached hydrogens (tertiary/aromatic N) is 3. The SMILES string of the molecule is Cc1oc(-c2ccccc2)nc1CC(=O)N[C@H](C)Cn1cccn1. The lowest BCUT2D eigenvalue weighted by molar-refractivity contribution is -0.121. The van der Waals surface area contributed by atoms with Gasteiger partial charge in [0.25, 0.3) is 0 Å². The van der Waals surface area contributed by atoms with E-state index < -0.39 is 0 Å². The normalized spacial score (nSPS) is 12.1. The Morgan fingerprint density at radius 2 is 2.08 bits per heavy atom. The Balaban J connectivity index is 1.61. The third-order valence-electron chi connectivity index (χ3n) is 3.67. The summed E-state index contributed by atoms with van der Waals surface area (Å²) in [4.78, 5) is 16.7. The van der Waals surface area contributed by atoms with Crippen molar-refractivity contribution < 1.29 is 9.21 Å². The fourth-order valence-corrected chi connectivity index (χ4v) is 2.51. The zero-order chi connectivity index (χ0) is 16.9. The summed E-state index contributed by atoms with van der Waals surface area (Å²) in [5.74, 6) is 1.13. The number of hydrogen-bond donors (Lipinski definition) is 1. The van der Waals surface area contributed by atoms with Crippen molar-refractivity contribution in [2.75, 3.05) is 0 Å². The van der Waals surface area contributed by atoms with Crippen LogP contribution in [0.15, 0.2) is 53.2 Å². The van der Waals surface area contributed by atoms with Gasteiger partial charge in [0, 0.05) is 24.0 Å². The molecule has 0 bridgehead atoms. The van der Waals surface area contributed by atoms with E-state index in [0.29, 0.717) is 23.9 Å². The van der Waals surface area contributed by atoms with Gasteiger partial charge in [0.05, 0.1) is 18.7 Å². The number of carbonyl (C=O) groups is 1. The minimum absolute atomic E-state index is 0.0156. The number of oxazole rings is 1. The Hall–Kier alpha value is -2.89. The fraction of sp³-hybridized carbons (Fsp3) is 0.278. The Kier molecular flexibility index (Phi) is 4.74. The van der Waals surface area contributed by atoms with Gasteiger partial charge in [0.15, 0.2) is 0 Å². The van der Waals surface area contributed by atoms with E-state index in [1.54, 1.807) is 10.9 Å². The molecule has 1 atom stereocenters. The van der Waals surface area contributed by atoms with Gasteiger partial charge in [-0.05, 0) is 32.0 Å². The number of aryl methyl sites for hydroxylation is 1. The number of amides is 1. The summed E-state index contributed by atoms with van der Waals surface area (Å²) in [5, 5.41) is 7.10. The van der Waals surface area contributed by atoms with Crippen molar-refractivity contribution in [3.05, 3.63) is 60.2 Å². The molecule has 0 fully saturated rings. The Morgan fingerprint density at radius 3 is 2.79 bits per heavy atom. The number of benzene rings is 1. The summed E-state index contributed by atoms with van der Waals surface area (Å²) >= 11 is 0. The fourth-order valence-electron chi connectivity index (χ4n) is 2.51. The molecule has 2 heterocycles. The minimum atomic E-state index is -0.0781. The summed E-state index contributed by atoms with van der Waals surface area (Å²) in [7, 11) is 0.